The highest BCUT2D eigenvalue weighted by Crippen LogP contribution is 2.29. The molecule has 1 fully saturated rings. The van der Waals surface area contributed by atoms with Gasteiger partial charge >= 0.3 is 5.97 Å². The molecule has 2 aromatic heterocycles. The van der Waals surface area contributed by atoms with Crippen LogP contribution in [0.25, 0.3) is 0 Å². The zero-order chi connectivity index (χ0) is 20.1. The molecule has 0 aromatic carbocycles. The summed E-state index contributed by atoms with van der Waals surface area (Å²) in [5.41, 5.74) is 0.390. The predicted molar refractivity (Wildman–Crippen MR) is 104 cm³/mol. The molecular formula is C19H24N3O5S+. The number of methoxy groups -OCH3 is 1. The third-order valence-corrected chi connectivity index (χ3v) is 5.88. The molecule has 0 bridgehead atoms. The van der Waals surface area contributed by atoms with E-state index in [1.165, 1.54) is 24.7 Å². The van der Waals surface area contributed by atoms with E-state index in [0.29, 0.717) is 42.5 Å². The van der Waals surface area contributed by atoms with Crippen LogP contribution in [0.4, 0.5) is 5.00 Å². The minimum absolute atomic E-state index is 0.123. The van der Waals surface area contributed by atoms with Crippen LogP contribution in [0.2, 0.25) is 0 Å². The average Bonchev–Trinajstić information content (AvgIpc) is 3.37. The summed E-state index contributed by atoms with van der Waals surface area (Å²) in [5, 5.41) is 3.37. The van der Waals surface area contributed by atoms with Gasteiger partial charge in [0.15, 0.2) is 12.3 Å². The molecule has 0 unspecified atom stereocenters. The minimum atomic E-state index is -0.455. The van der Waals surface area contributed by atoms with Crippen LogP contribution in [0.1, 0.15) is 32.7 Å². The van der Waals surface area contributed by atoms with Gasteiger partial charge in [-0.05, 0) is 24.6 Å². The zero-order valence-electron chi connectivity index (χ0n) is 15.9. The van der Waals surface area contributed by atoms with Crippen molar-refractivity contribution in [3.05, 3.63) is 40.7 Å². The van der Waals surface area contributed by atoms with Crippen molar-refractivity contribution in [3.8, 4) is 0 Å². The molecule has 28 heavy (non-hydrogen) atoms. The van der Waals surface area contributed by atoms with E-state index in [2.05, 4.69) is 5.32 Å². The van der Waals surface area contributed by atoms with E-state index in [-0.39, 0.29) is 18.4 Å². The van der Waals surface area contributed by atoms with E-state index in [1.807, 2.05) is 6.92 Å². The second-order valence-electron chi connectivity index (χ2n) is 6.55. The van der Waals surface area contributed by atoms with Crippen LogP contribution in [0.5, 0.6) is 0 Å². The number of esters is 1. The summed E-state index contributed by atoms with van der Waals surface area (Å²) in [6, 6.07) is 5.10. The van der Waals surface area contributed by atoms with Crippen LogP contribution in [0.3, 0.4) is 0 Å². The van der Waals surface area contributed by atoms with Crippen LogP contribution in [0, 0.1) is 0 Å². The number of furan rings is 1. The molecule has 2 aromatic rings. The van der Waals surface area contributed by atoms with Gasteiger partial charge in [0.05, 0.1) is 45.1 Å². The number of nitrogens with one attached hydrogen (secondary N) is 2. The largest absolute Gasteiger partial charge is 0.465 e. The van der Waals surface area contributed by atoms with Crippen molar-refractivity contribution in [3.63, 3.8) is 0 Å². The number of nitrogens with zero attached hydrogens (tertiary/aromatic N) is 1. The van der Waals surface area contributed by atoms with E-state index in [4.69, 9.17) is 9.15 Å². The number of quaternary nitrogens is 1. The zero-order valence-corrected chi connectivity index (χ0v) is 16.8. The number of anilines is 1. The molecule has 3 rings (SSSR count). The van der Waals surface area contributed by atoms with E-state index in [9.17, 15) is 14.4 Å². The van der Waals surface area contributed by atoms with Crippen LogP contribution in [-0.4, -0.2) is 62.5 Å². The first-order valence-electron chi connectivity index (χ1n) is 9.19. The molecule has 9 heteroatoms. The lowest BCUT2D eigenvalue weighted by atomic mass is 10.2. The summed E-state index contributed by atoms with van der Waals surface area (Å²) in [7, 11) is 1.32. The smallest absolute Gasteiger partial charge is 0.340 e. The summed E-state index contributed by atoms with van der Waals surface area (Å²) in [4.78, 5) is 40.5. The average molecular weight is 406 g/mol. The predicted octanol–water partition coefficient (Wildman–Crippen LogP) is 0.670. The third kappa shape index (κ3) is 4.60. The maximum Gasteiger partial charge on any atom is 0.340 e. The topological polar surface area (TPSA) is 93.3 Å². The molecule has 0 saturated carbocycles. The number of ether oxygens (including phenoxy) is 1. The monoisotopic (exact) mass is 406 g/mol. The second-order valence-corrected chi connectivity index (χ2v) is 7.68. The molecule has 1 saturated heterocycles. The van der Waals surface area contributed by atoms with Crippen LogP contribution >= 0.6 is 11.3 Å². The highest BCUT2D eigenvalue weighted by Gasteiger charge is 2.27. The molecule has 0 radical (unpaired) electrons. The molecule has 0 spiro atoms. The lowest BCUT2D eigenvalue weighted by Crippen LogP contribution is -3.15. The Morgan fingerprint density at radius 1 is 1.32 bits per heavy atom. The highest BCUT2D eigenvalue weighted by atomic mass is 32.1. The quantitative estimate of drug-likeness (QED) is 0.688. The van der Waals surface area contributed by atoms with Crippen molar-refractivity contribution in [2.24, 2.45) is 0 Å². The van der Waals surface area contributed by atoms with E-state index in [1.54, 1.807) is 23.1 Å². The molecule has 1 aliphatic rings. The molecule has 2 amide bonds. The van der Waals surface area contributed by atoms with E-state index in [0.717, 1.165) is 16.2 Å². The summed E-state index contributed by atoms with van der Waals surface area (Å²) in [6.45, 7) is 4.75. The van der Waals surface area contributed by atoms with Crippen LogP contribution in [0.15, 0.2) is 28.9 Å². The van der Waals surface area contributed by atoms with Gasteiger partial charge < -0.3 is 24.3 Å². The Bertz CT molecular complexity index is 838. The van der Waals surface area contributed by atoms with Crippen molar-refractivity contribution in [2.75, 3.05) is 45.2 Å². The van der Waals surface area contributed by atoms with Crippen LogP contribution < -0.4 is 10.2 Å². The van der Waals surface area contributed by atoms with Gasteiger partial charge in [0.2, 0.25) is 0 Å². The Kier molecular flexibility index (Phi) is 6.48. The first-order chi connectivity index (χ1) is 13.5. The van der Waals surface area contributed by atoms with Crippen molar-refractivity contribution in [2.45, 2.75) is 13.3 Å². The summed E-state index contributed by atoms with van der Waals surface area (Å²) < 4.78 is 9.96. The number of aryl methyl sites for hydroxylation is 1. The highest BCUT2D eigenvalue weighted by molar-refractivity contribution is 7.16. The first-order valence-corrected chi connectivity index (χ1v) is 10.0. The van der Waals surface area contributed by atoms with Gasteiger partial charge in [0.25, 0.3) is 11.8 Å². The molecule has 0 aliphatic carbocycles. The van der Waals surface area contributed by atoms with Crippen LogP contribution in [-0.2, 0) is 16.0 Å². The standard InChI is InChI=1S/C19H23N3O5S/c1-3-13-11-14(19(25)26-2)17(28-13)20-16(23)12-21-6-8-22(9-7-21)18(24)15-5-4-10-27-15/h4-5,10-11H,3,6-9,12H2,1-2H3,(H,20,23)/p+1. The summed E-state index contributed by atoms with van der Waals surface area (Å²) in [5.74, 6) is -0.401. The van der Waals surface area contributed by atoms with E-state index >= 15 is 0 Å². The molecule has 3 heterocycles. The third-order valence-electron chi connectivity index (χ3n) is 4.69. The maximum atomic E-state index is 12.5. The number of piperazine rings is 1. The number of carbonyl (C=O) groups is 3. The molecule has 150 valence electrons. The number of hydrogen-bond acceptors (Lipinski definition) is 6. The number of thiophene rings is 1. The normalized spacial score (nSPS) is 14.7. The fourth-order valence-electron chi connectivity index (χ4n) is 3.13. The molecule has 1 aliphatic heterocycles. The van der Waals surface area contributed by atoms with Crippen molar-refractivity contribution < 1.29 is 28.4 Å². The van der Waals surface area contributed by atoms with Crippen molar-refractivity contribution in [1.29, 1.82) is 0 Å². The fourth-order valence-corrected chi connectivity index (χ4v) is 4.13. The molecular weight excluding hydrogens is 382 g/mol. The number of carbonyl (C=O) groups excluding carboxylic acids is 3. The fraction of sp³-hybridized carbons (Fsp3) is 0.421. The Hall–Kier alpha value is -2.65. The molecule has 8 nitrogen and oxygen atoms in total. The molecule has 2 N–H and O–H groups in total. The minimum Gasteiger partial charge on any atom is -0.465 e. The number of rotatable bonds is 6. The lowest BCUT2D eigenvalue weighted by Gasteiger charge is -2.31. The Morgan fingerprint density at radius 3 is 2.68 bits per heavy atom. The van der Waals surface area contributed by atoms with Gasteiger partial charge in [0, 0.05) is 4.88 Å². The van der Waals surface area contributed by atoms with Crippen molar-refractivity contribution >= 4 is 34.1 Å². The van der Waals surface area contributed by atoms with Gasteiger partial charge in [-0.3, -0.25) is 9.59 Å². The Labute approximate surface area is 167 Å². The van der Waals surface area contributed by atoms with Gasteiger partial charge in [0.1, 0.15) is 5.00 Å². The van der Waals surface area contributed by atoms with Gasteiger partial charge in [-0.1, -0.05) is 6.92 Å². The van der Waals surface area contributed by atoms with Gasteiger partial charge in [-0.25, -0.2) is 4.79 Å². The summed E-state index contributed by atoms with van der Waals surface area (Å²) >= 11 is 1.39. The second kappa shape index (κ2) is 9.03. The lowest BCUT2D eigenvalue weighted by molar-refractivity contribution is -0.895. The SMILES string of the molecule is CCc1cc(C(=O)OC)c(NC(=O)C[NH+]2CCN(C(=O)c3ccco3)CC2)s1. The molecule has 0 atom stereocenters. The Morgan fingerprint density at radius 2 is 2.07 bits per heavy atom. The number of hydrogen-bond donors (Lipinski definition) is 2. The number of amides is 2. The van der Waals surface area contributed by atoms with E-state index < -0.39 is 5.97 Å². The first kappa shape index (κ1) is 20.1. The van der Waals surface area contributed by atoms with Gasteiger partial charge in [-0.15, -0.1) is 11.3 Å². The van der Waals surface area contributed by atoms with Crippen molar-refractivity contribution in [1.82, 2.24) is 4.90 Å². The van der Waals surface area contributed by atoms with Gasteiger partial charge in [-0.2, -0.15) is 0 Å². The summed E-state index contributed by atoms with van der Waals surface area (Å²) in [6.07, 6.45) is 2.26. The maximum absolute atomic E-state index is 12.5. The Balaban J connectivity index is 1.53.